The molecule has 1 aliphatic rings. The van der Waals surface area contributed by atoms with E-state index in [-0.39, 0.29) is 12.1 Å². The molecule has 0 saturated carbocycles. The number of nitrogens with one attached hydrogen (secondary N) is 2. The predicted octanol–water partition coefficient (Wildman–Crippen LogP) is 3.26. The van der Waals surface area contributed by atoms with Crippen molar-refractivity contribution < 1.29 is 4.42 Å². The van der Waals surface area contributed by atoms with E-state index in [9.17, 15) is 0 Å². The minimum Gasteiger partial charge on any atom is -0.465 e. The fraction of sp³-hybridized carbons (Fsp3) is 0.652. The summed E-state index contributed by atoms with van der Waals surface area (Å²) in [5, 5.41) is 11.5. The first-order chi connectivity index (χ1) is 14.4. The minimum atomic E-state index is 0.190. The standard InChI is InChI=1S/C23H38N6O/c1-7-24-23(26-16(2)14-20-18(4)27-28(6)19(20)5)25-15-21(29-12-8-9-13-29)22-11-10-17(3)30-22/h10-11,16,21H,7-9,12-15H2,1-6H3,(H2,24,25,26). The van der Waals surface area contributed by atoms with Crippen LogP contribution >= 0.6 is 0 Å². The number of aryl methyl sites for hydroxylation is 3. The highest BCUT2D eigenvalue weighted by Gasteiger charge is 2.26. The lowest BCUT2D eigenvalue weighted by atomic mass is 10.1. The summed E-state index contributed by atoms with van der Waals surface area (Å²) in [5.74, 6) is 2.83. The van der Waals surface area contributed by atoms with Gasteiger partial charge < -0.3 is 15.1 Å². The predicted molar refractivity (Wildman–Crippen MR) is 122 cm³/mol. The van der Waals surface area contributed by atoms with E-state index in [0.717, 1.165) is 49.2 Å². The van der Waals surface area contributed by atoms with Gasteiger partial charge in [0.25, 0.3) is 0 Å². The first-order valence-corrected chi connectivity index (χ1v) is 11.2. The molecule has 0 spiro atoms. The quantitative estimate of drug-likeness (QED) is 0.512. The van der Waals surface area contributed by atoms with Crippen molar-refractivity contribution in [1.82, 2.24) is 25.3 Å². The summed E-state index contributed by atoms with van der Waals surface area (Å²) in [4.78, 5) is 7.44. The van der Waals surface area contributed by atoms with E-state index >= 15 is 0 Å². The third kappa shape index (κ3) is 5.45. The summed E-state index contributed by atoms with van der Waals surface area (Å²) in [5.41, 5.74) is 3.65. The molecule has 2 N–H and O–H groups in total. The van der Waals surface area contributed by atoms with Crippen LogP contribution in [0.3, 0.4) is 0 Å². The second-order valence-electron chi connectivity index (χ2n) is 8.45. The first-order valence-electron chi connectivity index (χ1n) is 11.2. The van der Waals surface area contributed by atoms with Gasteiger partial charge in [0.1, 0.15) is 11.5 Å². The van der Waals surface area contributed by atoms with Crippen molar-refractivity contribution in [2.24, 2.45) is 12.0 Å². The monoisotopic (exact) mass is 414 g/mol. The highest BCUT2D eigenvalue weighted by atomic mass is 16.3. The van der Waals surface area contributed by atoms with Crippen molar-refractivity contribution >= 4 is 5.96 Å². The molecule has 1 fully saturated rings. The van der Waals surface area contributed by atoms with Crippen LogP contribution in [-0.2, 0) is 13.5 Å². The minimum absolute atomic E-state index is 0.190. The first kappa shape index (κ1) is 22.4. The Hall–Kier alpha value is -2.28. The van der Waals surface area contributed by atoms with E-state index in [1.807, 2.05) is 24.7 Å². The summed E-state index contributed by atoms with van der Waals surface area (Å²) < 4.78 is 7.94. The Morgan fingerprint density at radius 1 is 1.23 bits per heavy atom. The molecule has 0 aliphatic carbocycles. The molecule has 1 aliphatic heterocycles. The van der Waals surface area contributed by atoms with Crippen molar-refractivity contribution in [2.45, 2.75) is 66.0 Å². The molecule has 0 aromatic carbocycles. The molecule has 166 valence electrons. The molecule has 30 heavy (non-hydrogen) atoms. The Morgan fingerprint density at radius 2 is 1.97 bits per heavy atom. The zero-order valence-corrected chi connectivity index (χ0v) is 19.5. The summed E-state index contributed by atoms with van der Waals surface area (Å²) in [6.07, 6.45) is 3.42. The fourth-order valence-electron chi connectivity index (χ4n) is 4.27. The molecular formula is C23H38N6O. The summed E-state index contributed by atoms with van der Waals surface area (Å²) in [6.45, 7) is 14.3. The van der Waals surface area contributed by atoms with Crippen LogP contribution in [0.1, 0.15) is 61.2 Å². The molecule has 3 rings (SSSR count). The van der Waals surface area contributed by atoms with E-state index in [2.05, 4.69) is 54.4 Å². The largest absolute Gasteiger partial charge is 0.465 e. The average Bonchev–Trinajstić information content (AvgIpc) is 3.42. The van der Waals surface area contributed by atoms with E-state index in [0.29, 0.717) is 6.54 Å². The van der Waals surface area contributed by atoms with Gasteiger partial charge in [-0.1, -0.05) is 0 Å². The van der Waals surface area contributed by atoms with Crippen LogP contribution < -0.4 is 10.6 Å². The number of nitrogens with zero attached hydrogens (tertiary/aromatic N) is 4. The maximum atomic E-state index is 5.98. The molecule has 7 nitrogen and oxygen atoms in total. The van der Waals surface area contributed by atoms with Gasteiger partial charge in [0.15, 0.2) is 5.96 Å². The van der Waals surface area contributed by atoms with E-state index < -0.39 is 0 Å². The maximum absolute atomic E-state index is 5.98. The van der Waals surface area contributed by atoms with Gasteiger partial charge in [0.05, 0.1) is 18.3 Å². The maximum Gasteiger partial charge on any atom is 0.191 e. The van der Waals surface area contributed by atoms with Gasteiger partial charge in [-0.2, -0.15) is 5.10 Å². The number of aliphatic imine (C=N–C) groups is 1. The number of likely N-dealkylation sites (tertiary alicyclic amines) is 1. The van der Waals surface area contributed by atoms with Crippen LogP contribution in [0.2, 0.25) is 0 Å². The third-order valence-electron chi connectivity index (χ3n) is 5.99. The zero-order valence-electron chi connectivity index (χ0n) is 19.5. The highest BCUT2D eigenvalue weighted by molar-refractivity contribution is 5.80. The molecule has 0 radical (unpaired) electrons. The number of rotatable bonds is 8. The van der Waals surface area contributed by atoms with Gasteiger partial charge in [0.2, 0.25) is 0 Å². The smallest absolute Gasteiger partial charge is 0.191 e. The molecule has 2 unspecified atom stereocenters. The molecule has 2 aromatic heterocycles. The van der Waals surface area contributed by atoms with E-state index in [1.54, 1.807) is 0 Å². The van der Waals surface area contributed by atoms with Gasteiger partial charge in [-0.3, -0.25) is 14.6 Å². The number of hydrogen-bond donors (Lipinski definition) is 2. The highest BCUT2D eigenvalue weighted by Crippen LogP contribution is 2.27. The molecule has 0 amide bonds. The summed E-state index contributed by atoms with van der Waals surface area (Å²) >= 11 is 0. The van der Waals surface area contributed by atoms with Crippen LogP contribution in [-0.4, -0.2) is 52.9 Å². The Balaban J connectivity index is 1.70. The lowest BCUT2D eigenvalue weighted by Crippen LogP contribution is -2.43. The Labute approximate surface area is 180 Å². The Morgan fingerprint density at radius 3 is 2.53 bits per heavy atom. The van der Waals surface area contributed by atoms with Gasteiger partial charge >= 0.3 is 0 Å². The van der Waals surface area contributed by atoms with Crippen LogP contribution in [0.4, 0.5) is 0 Å². The number of guanidine groups is 1. The lowest BCUT2D eigenvalue weighted by molar-refractivity contribution is 0.219. The molecule has 2 aromatic rings. The Kier molecular flexibility index (Phi) is 7.58. The van der Waals surface area contributed by atoms with Gasteiger partial charge in [-0.25, -0.2) is 0 Å². The molecule has 7 heteroatoms. The van der Waals surface area contributed by atoms with Crippen molar-refractivity contribution in [3.8, 4) is 0 Å². The molecule has 2 atom stereocenters. The SMILES string of the molecule is CCNC(=NCC(c1ccc(C)o1)N1CCCC1)NC(C)Cc1c(C)nn(C)c1C. The third-order valence-corrected chi connectivity index (χ3v) is 5.99. The molecule has 3 heterocycles. The van der Waals surface area contributed by atoms with Crippen molar-refractivity contribution in [1.29, 1.82) is 0 Å². The van der Waals surface area contributed by atoms with Crippen molar-refractivity contribution in [3.63, 3.8) is 0 Å². The number of furan rings is 1. The fourth-order valence-corrected chi connectivity index (χ4v) is 4.27. The van der Waals surface area contributed by atoms with Crippen molar-refractivity contribution in [2.75, 3.05) is 26.2 Å². The van der Waals surface area contributed by atoms with Gasteiger partial charge in [0, 0.05) is 25.3 Å². The van der Waals surface area contributed by atoms with Crippen LogP contribution in [0.5, 0.6) is 0 Å². The van der Waals surface area contributed by atoms with Crippen LogP contribution in [0, 0.1) is 20.8 Å². The zero-order chi connectivity index (χ0) is 21.7. The van der Waals surface area contributed by atoms with Gasteiger partial charge in [-0.05, 0) is 84.7 Å². The molecule has 1 saturated heterocycles. The van der Waals surface area contributed by atoms with E-state index in [4.69, 9.17) is 9.41 Å². The molecule has 0 bridgehead atoms. The van der Waals surface area contributed by atoms with Crippen LogP contribution in [0.15, 0.2) is 21.5 Å². The topological polar surface area (TPSA) is 70.6 Å². The average molecular weight is 415 g/mol. The summed E-state index contributed by atoms with van der Waals surface area (Å²) in [6, 6.07) is 4.59. The van der Waals surface area contributed by atoms with Gasteiger partial charge in [-0.15, -0.1) is 0 Å². The summed E-state index contributed by atoms with van der Waals surface area (Å²) in [7, 11) is 2.00. The number of hydrogen-bond acceptors (Lipinski definition) is 4. The second kappa shape index (κ2) is 10.2. The van der Waals surface area contributed by atoms with E-state index in [1.165, 1.54) is 24.1 Å². The second-order valence-corrected chi connectivity index (χ2v) is 8.45. The van der Waals surface area contributed by atoms with Crippen LogP contribution in [0.25, 0.3) is 0 Å². The van der Waals surface area contributed by atoms with Crippen molar-refractivity contribution in [3.05, 3.63) is 40.6 Å². The molecular weight excluding hydrogens is 376 g/mol. The lowest BCUT2D eigenvalue weighted by Gasteiger charge is -2.25. The number of aromatic nitrogens is 2. The Bertz CT molecular complexity index is 846. The normalized spacial score (nSPS) is 17.3.